The van der Waals surface area contributed by atoms with Gasteiger partial charge >= 0.3 is 5.97 Å². The SMILES string of the molecule is CC(=O)OC[C@@]12CO[C@@H]3c4ccccc4O[C@](C)(C[C@@H]1C)[C@H]3[C@@H]2C. The van der Waals surface area contributed by atoms with Crippen LogP contribution in [0.15, 0.2) is 24.3 Å². The van der Waals surface area contributed by atoms with E-state index in [-0.39, 0.29) is 29.0 Å². The Labute approximate surface area is 143 Å². The molecule has 4 heteroatoms. The van der Waals surface area contributed by atoms with Crippen molar-refractivity contribution in [1.29, 1.82) is 0 Å². The average Bonchev–Trinajstić information content (AvgIpc) is 2.52. The second kappa shape index (κ2) is 5.22. The molecule has 1 saturated heterocycles. The Balaban J connectivity index is 1.76. The molecule has 0 spiro atoms. The summed E-state index contributed by atoms with van der Waals surface area (Å²) in [6.07, 6.45) is 1.02. The van der Waals surface area contributed by atoms with Gasteiger partial charge in [-0.2, -0.15) is 0 Å². The molecular weight excluding hydrogens is 304 g/mol. The molecule has 1 aromatic rings. The van der Waals surface area contributed by atoms with Crippen LogP contribution in [-0.4, -0.2) is 24.8 Å². The molecule has 1 saturated carbocycles. The summed E-state index contributed by atoms with van der Waals surface area (Å²) in [5, 5.41) is 0. The summed E-state index contributed by atoms with van der Waals surface area (Å²) in [4.78, 5) is 11.4. The van der Waals surface area contributed by atoms with Gasteiger partial charge in [0.05, 0.1) is 19.3 Å². The normalized spacial score (nSPS) is 42.7. The van der Waals surface area contributed by atoms with E-state index in [9.17, 15) is 4.79 Å². The first kappa shape index (κ1) is 15.9. The van der Waals surface area contributed by atoms with Crippen molar-refractivity contribution in [3.8, 4) is 5.75 Å². The average molecular weight is 330 g/mol. The number of carbonyl (C=O) groups excluding carboxylic acids is 1. The minimum absolute atomic E-state index is 0.0629. The Bertz CT molecular complexity index is 671. The monoisotopic (exact) mass is 330 g/mol. The number of para-hydroxylation sites is 1. The molecule has 3 aliphatic rings. The van der Waals surface area contributed by atoms with Gasteiger partial charge in [0, 0.05) is 23.8 Å². The maximum atomic E-state index is 11.4. The van der Waals surface area contributed by atoms with Gasteiger partial charge in [-0.1, -0.05) is 32.0 Å². The highest BCUT2D eigenvalue weighted by Gasteiger charge is 2.64. The summed E-state index contributed by atoms with van der Waals surface area (Å²) in [7, 11) is 0. The molecule has 130 valence electrons. The molecule has 4 rings (SSSR count). The Kier molecular flexibility index (Phi) is 3.47. The summed E-state index contributed by atoms with van der Waals surface area (Å²) in [6, 6.07) is 8.23. The van der Waals surface area contributed by atoms with E-state index < -0.39 is 0 Å². The largest absolute Gasteiger partial charge is 0.487 e. The molecule has 2 aliphatic heterocycles. The lowest BCUT2D eigenvalue weighted by Crippen LogP contribution is -2.66. The number of ether oxygens (including phenoxy) is 3. The number of rotatable bonds is 2. The predicted molar refractivity (Wildman–Crippen MR) is 89.7 cm³/mol. The fraction of sp³-hybridized carbons (Fsp3) is 0.650. The van der Waals surface area contributed by atoms with E-state index in [1.54, 1.807) is 0 Å². The maximum Gasteiger partial charge on any atom is 0.302 e. The number of hydrogen-bond acceptors (Lipinski definition) is 4. The van der Waals surface area contributed by atoms with Crippen LogP contribution in [0.4, 0.5) is 0 Å². The molecule has 0 amide bonds. The Morgan fingerprint density at radius 3 is 2.83 bits per heavy atom. The van der Waals surface area contributed by atoms with E-state index in [0.717, 1.165) is 17.7 Å². The highest BCUT2D eigenvalue weighted by Crippen LogP contribution is 2.63. The molecule has 24 heavy (non-hydrogen) atoms. The molecule has 0 unspecified atom stereocenters. The number of hydrogen-bond donors (Lipinski definition) is 0. The minimum Gasteiger partial charge on any atom is -0.487 e. The van der Waals surface area contributed by atoms with Crippen LogP contribution in [0.3, 0.4) is 0 Å². The molecule has 0 N–H and O–H groups in total. The van der Waals surface area contributed by atoms with Crippen molar-refractivity contribution in [3.05, 3.63) is 29.8 Å². The first-order valence-electron chi connectivity index (χ1n) is 8.90. The van der Waals surface area contributed by atoms with Crippen LogP contribution >= 0.6 is 0 Å². The molecule has 6 atom stereocenters. The van der Waals surface area contributed by atoms with E-state index in [1.165, 1.54) is 6.92 Å². The zero-order valence-electron chi connectivity index (χ0n) is 14.9. The lowest BCUT2D eigenvalue weighted by Gasteiger charge is -2.63. The van der Waals surface area contributed by atoms with Gasteiger partial charge in [0.15, 0.2) is 0 Å². The van der Waals surface area contributed by atoms with Gasteiger partial charge in [0.1, 0.15) is 11.4 Å². The van der Waals surface area contributed by atoms with Crippen molar-refractivity contribution >= 4 is 5.97 Å². The van der Waals surface area contributed by atoms with E-state index >= 15 is 0 Å². The van der Waals surface area contributed by atoms with Crippen LogP contribution < -0.4 is 4.74 Å². The van der Waals surface area contributed by atoms with Crippen LogP contribution in [0, 0.1) is 23.2 Å². The van der Waals surface area contributed by atoms with Gasteiger partial charge in [-0.3, -0.25) is 4.79 Å². The van der Waals surface area contributed by atoms with Gasteiger partial charge in [-0.15, -0.1) is 0 Å². The smallest absolute Gasteiger partial charge is 0.302 e. The van der Waals surface area contributed by atoms with Gasteiger partial charge in [-0.25, -0.2) is 0 Å². The van der Waals surface area contributed by atoms with Crippen LogP contribution in [-0.2, 0) is 14.3 Å². The molecule has 1 aliphatic carbocycles. The maximum absolute atomic E-state index is 11.4. The van der Waals surface area contributed by atoms with E-state index in [2.05, 4.69) is 26.8 Å². The lowest BCUT2D eigenvalue weighted by atomic mass is 9.50. The first-order chi connectivity index (χ1) is 11.4. The summed E-state index contributed by atoms with van der Waals surface area (Å²) in [6.45, 7) is 9.30. The molecular formula is C20H26O4. The Morgan fingerprint density at radius 2 is 2.08 bits per heavy atom. The summed E-state index contributed by atoms with van der Waals surface area (Å²) < 4.78 is 18.4. The molecule has 0 radical (unpaired) electrons. The zero-order valence-corrected chi connectivity index (χ0v) is 14.9. The van der Waals surface area contributed by atoms with Crippen molar-refractivity contribution in [2.45, 2.75) is 45.8 Å². The van der Waals surface area contributed by atoms with Crippen LogP contribution in [0.1, 0.15) is 45.8 Å². The second-order valence-corrected chi connectivity index (χ2v) is 8.12. The first-order valence-corrected chi connectivity index (χ1v) is 8.90. The van der Waals surface area contributed by atoms with Crippen molar-refractivity contribution in [3.63, 3.8) is 0 Å². The van der Waals surface area contributed by atoms with Crippen LogP contribution in [0.25, 0.3) is 0 Å². The van der Waals surface area contributed by atoms with Gasteiger partial charge in [-0.05, 0) is 31.2 Å². The van der Waals surface area contributed by atoms with E-state index in [1.807, 2.05) is 18.2 Å². The van der Waals surface area contributed by atoms with Gasteiger partial charge in [0.25, 0.3) is 0 Å². The van der Waals surface area contributed by atoms with Crippen LogP contribution in [0.5, 0.6) is 5.75 Å². The molecule has 2 heterocycles. The molecule has 0 aromatic heterocycles. The van der Waals surface area contributed by atoms with Gasteiger partial charge in [0.2, 0.25) is 0 Å². The number of carbonyl (C=O) groups is 1. The van der Waals surface area contributed by atoms with Crippen molar-refractivity contribution in [2.75, 3.05) is 13.2 Å². The third kappa shape index (κ3) is 2.05. The lowest BCUT2D eigenvalue weighted by molar-refractivity contribution is -0.261. The Morgan fingerprint density at radius 1 is 1.33 bits per heavy atom. The fourth-order valence-corrected chi connectivity index (χ4v) is 5.49. The third-order valence-electron chi connectivity index (χ3n) is 6.81. The minimum atomic E-state index is -0.238. The van der Waals surface area contributed by atoms with Crippen molar-refractivity contribution < 1.29 is 19.0 Å². The van der Waals surface area contributed by atoms with E-state index in [4.69, 9.17) is 14.2 Å². The number of fused-ring (bicyclic) bond motifs is 3. The van der Waals surface area contributed by atoms with Crippen molar-refractivity contribution in [2.24, 2.45) is 23.2 Å². The summed E-state index contributed by atoms with van der Waals surface area (Å²) in [5.41, 5.74) is 0.794. The topological polar surface area (TPSA) is 44.8 Å². The molecule has 2 fully saturated rings. The van der Waals surface area contributed by atoms with Crippen molar-refractivity contribution in [1.82, 2.24) is 0 Å². The second-order valence-electron chi connectivity index (χ2n) is 8.12. The van der Waals surface area contributed by atoms with Gasteiger partial charge < -0.3 is 14.2 Å². The fourth-order valence-electron chi connectivity index (χ4n) is 5.49. The number of esters is 1. The Hall–Kier alpha value is -1.55. The van der Waals surface area contributed by atoms with E-state index in [0.29, 0.717) is 25.0 Å². The zero-order chi connectivity index (χ0) is 17.1. The predicted octanol–water partition coefficient (Wildman–Crippen LogP) is 3.75. The number of benzene rings is 1. The third-order valence-corrected chi connectivity index (χ3v) is 6.81. The summed E-state index contributed by atoms with van der Waals surface area (Å²) >= 11 is 0. The highest BCUT2D eigenvalue weighted by molar-refractivity contribution is 5.65. The molecule has 4 nitrogen and oxygen atoms in total. The summed E-state index contributed by atoms with van der Waals surface area (Å²) in [5.74, 6) is 1.73. The van der Waals surface area contributed by atoms with Crippen LogP contribution in [0.2, 0.25) is 0 Å². The quantitative estimate of drug-likeness (QED) is 0.775. The highest BCUT2D eigenvalue weighted by atomic mass is 16.5. The standard InChI is InChI=1S/C20H26O4/c1-12-9-19(4)17-13(2)20(12,10-22-14(3)21)11-23-18(17)15-7-5-6-8-16(15)24-19/h5-8,12-13,17-18H,9-11H2,1-4H3/t12-,13-,17-,18+,19+,20+/m0/s1. The molecule has 2 bridgehead atoms. The molecule has 1 aromatic carbocycles.